The third kappa shape index (κ3) is 2.36. The van der Waals surface area contributed by atoms with Crippen LogP contribution in [0.1, 0.15) is 31.1 Å². The highest BCUT2D eigenvalue weighted by atomic mass is 16.6. The van der Waals surface area contributed by atoms with E-state index in [2.05, 4.69) is 0 Å². The summed E-state index contributed by atoms with van der Waals surface area (Å²) >= 11 is 0. The average Bonchev–Trinajstić information content (AvgIpc) is 2.93. The lowest BCUT2D eigenvalue weighted by atomic mass is 9.71. The number of phenolic OH excluding ortho intramolecular Hbond substituents is 1. The number of ether oxygens (including phenoxy) is 3. The van der Waals surface area contributed by atoms with Gasteiger partial charge in [-0.15, -0.1) is 0 Å². The molecule has 2 heterocycles. The highest BCUT2D eigenvalue weighted by Gasteiger charge is 2.62. The van der Waals surface area contributed by atoms with Crippen molar-refractivity contribution in [2.45, 2.75) is 43.2 Å². The van der Waals surface area contributed by atoms with Crippen LogP contribution in [0.4, 0.5) is 0 Å². The number of rotatable bonds is 2. The topological polar surface area (TPSA) is 136 Å². The second kappa shape index (κ2) is 5.94. The van der Waals surface area contributed by atoms with Gasteiger partial charge < -0.3 is 33.9 Å². The van der Waals surface area contributed by atoms with Crippen LogP contribution in [-0.2, 0) is 25.5 Å². The molecule has 1 aliphatic heterocycles. The SMILES string of the molecule is COc1cc(O)c2c(=O)oc3c(c2c1)[C@](C)(O)CC(OC)[C@@]31C[C@@H](O)C(=O)O1. The Labute approximate surface area is 159 Å². The Morgan fingerprint density at radius 1 is 1.21 bits per heavy atom. The van der Waals surface area contributed by atoms with Crippen LogP contribution < -0.4 is 10.4 Å². The number of esters is 1. The number of benzene rings is 1. The minimum atomic E-state index is -1.57. The number of carbonyl (C=O) groups excluding carboxylic acids is 1. The first-order chi connectivity index (χ1) is 13.1. The average molecular weight is 392 g/mol. The number of phenols is 1. The molecule has 9 heteroatoms. The normalized spacial score (nSPS) is 31.8. The van der Waals surface area contributed by atoms with E-state index in [-0.39, 0.29) is 46.4 Å². The first-order valence-electron chi connectivity index (χ1n) is 8.69. The van der Waals surface area contributed by atoms with E-state index in [1.54, 1.807) is 0 Å². The van der Waals surface area contributed by atoms with E-state index in [1.807, 2.05) is 0 Å². The molecule has 0 radical (unpaired) electrons. The Bertz CT molecular complexity index is 1040. The minimum Gasteiger partial charge on any atom is -0.507 e. The van der Waals surface area contributed by atoms with Crippen molar-refractivity contribution in [3.05, 3.63) is 33.9 Å². The van der Waals surface area contributed by atoms with Crippen LogP contribution in [0.5, 0.6) is 11.5 Å². The predicted octanol–water partition coefficient (Wildman–Crippen LogP) is 0.636. The molecule has 28 heavy (non-hydrogen) atoms. The third-order valence-corrected chi connectivity index (χ3v) is 5.58. The van der Waals surface area contributed by atoms with Crippen molar-refractivity contribution in [3.63, 3.8) is 0 Å². The summed E-state index contributed by atoms with van der Waals surface area (Å²) in [6.07, 6.45) is -2.49. The van der Waals surface area contributed by atoms with Gasteiger partial charge in [0.25, 0.3) is 0 Å². The lowest BCUT2D eigenvalue weighted by molar-refractivity contribution is -0.182. The van der Waals surface area contributed by atoms with E-state index in [1.165, 1.54) is 33.3 Å². The maximum atomic E-state index is 12.7. The molecule has 4 atom stereocenters. The van der Waals surface area contributed by atoms with E-state index < -0.39 is 35.0 Å². The Morgan fingerprint density at radius 2 is 1.93 bits per heavy atom. The summed E-state index contributed by atoms with van der Waals surface area (Å²) in [5.74, 6) is -1.08. The highest BCUT2D eigenvalue weighted by molar-refractivity contribution is 5.92. The van der Waals surface area contributed by atoms with Crippen LogP contribution >= 0.6 is 0 Å². The Morgan fingerprint density at radius 3 is 2.50 bits per heavy atom. The molecular formula is C19H20O9. The van der Waals surface area contributed by atoms with Gasteiger partial charge in [-0.25, -0.2) is 9.59 Å². The maximum Gasteiger partial charge on any atom is 0.347 e. The molecule has 1 fully saturated rings. The van der Waals surface area contributed by atoms with Crippen molar-refractivity contribution in [2.75, 3.05) is 14.2 Å². The smallest absolute Gasteiger partial charge is 0.347 e. The molecule has 9 nitrogen and oxygen atoms in total. The molecule has 1 saturated heterocycles. The summed E-state index contributed by atoms with van der Waals surface area (Å²) in [4.78, 5) is 24.7. The van der Waals surface area contributed by atoms with Gasteiger partial charge in [0, 0.05) is 37.0 Å². The van der Waals surface area contributed by atoms with Crippen molar-refractivity contribution in [1.29, 1.82) is 0 Å². The van der Waals surface area contributed by atoms with Gasteiger partial charge >= 0.3 is 11.6 Å². The van der Waals surface area contributed by atoms with Crippen LogP contribution in [-0.4, -0.2) is 47.7 Å². The molecule has 2 aromatic rings. The molecule has 0 amide bonds. The van der Waals surface area contributed by atoms with Gasteiger partial charge in [-0.1, -0.05) is 0 Å². The molecule has 150 valence electrons. The Balaban J connectivity index is 2.14. The number of aromatic hydroxyl groups is 1. The first-order valence-corrected chi connectivity index (χ1v) is 8.69. The third-order valence-electron chi connectivity index (χ3n) is 5.58. The van der Waals surface area contributed by atoms with Crippen molar-refractivity contribution < 1.29 is 38.7 Å². The number of hydrogen-bond donors (Lipinski definition) is 3. The van der Waals surface area contributed by atoms with Crippen LogP contribution in [0.2, 0.25) is 0 Å². The molecule has 1 unspecified atom stereocenters. The van der Waals surface area contributed by atoms with Gasteiger partial charge in [-0.05, 0) is 13.0 Å². The van der Waals surface area contributed by atoms with Gasteiger partial charge in [0.05, 0.1) is 12.7 Å². The molecule has 1 aromatic carbocycles. The number of aliphatic hydroxyl groups excluding tert-OH is 1. The summed E-state index contributed by atoms with van der Waals surface area (Å²) in [6.45, 7) is 1.51. The van der Waals surface area contributed by atoms with Crippen LogP contribution in [0.15, 0.2) is 21.3 Å². The maximum absolute atomic E-state index is 12.7. The molecule has 2 aliphatic rings. The number of fused-ring (bicyclic) bond motifs is 4. The minimum absolute atomic E-state index is 0.00268. The van der Waals surface area contributed by atoms with Gasteiger partial charge in [-0.3, -0.25) is 0 Å². The molecular weight excluding hydrogens is 372 g/mol. The summed E-state index contributed by atoms with van der Waals surface area (Å²) in [7, 11) is 2.77. The fourth-order valence-electron chi connectivity index (χ4n) is 4.32. The summed E-state index contributed by atoms with van der Waals surface area (Å²) < 4.78 is 21.6. The van der Waals surface area contributed by atoms with Crippen LogP contribution in [0.3, 0.4) is 0 Å². The second-order valence-corrected chi connectivity index (χ2v) is 7.40. The van der Waals surface area contributed by atoms with Crippen molar-refractivity contribution in [3.8, 4) is 11.5 Å². The van der Waals surface area contributed by atoms with Crippen molar-refractivity contribution in [1.82, 2.24) is 0 Å². The van der Waals surface area contributed by atoms with Gasteiger partial charge in [-0.2, -0.15) is 0 Å². The summed E-state index contributed by atoms with van der Waals surface area (Å²) in [5, 5.41) is 31.6. The van der Waals surface area contributed by atoms with Crippen molar-refractivity contribution in [2.24, 2.45) is 0 Å². The van der Waals surface area contributed by atoms with Crippen LogP contribution in [0, 0.1) is 0 Å². The van der Waals surface area contributed by atoms with Crippen molar-refractivity contribution >= 4 is 16.7 Å². The molecule has 1 spiro atoms. The van der Waals surface area contributed by atoms with E-state index in [0.717, 1.165) is 0 Å². The Kier molecular flexibility index (Phi) is 3.97. The standard InChI is InChI=1S/C19H20O9/c1-18(24)7-12(26-3)19(6-11(21)16(22)28-19)15-14(18)9-4-8(25-2)5-10(20)13(9)17(23)27-15/h4-5,11-12,20-21,24H,6-7H2,1-3H3/t11-,12?,18-,19+/m1/s1. The quantitative estimate of drug-likeness (QED) is 0.629. The van der Waals surface area contributed by atoms with Gasteiger partial charge in [0.2, 0.25) is 0 Å². The fourth-order valence-corrected chi connectivity index (χ4v) is 4.32. The number of aliphatic hydroxyl groups is 2. The monoisotopic (exact) mass is 392 g/mol. The molecule has 4 rings (SSSR count). The first kappa shape index (κ1) is 18.7. The van der Waals surface area contributed by atoms with E-state index in [0.29, 0.717) is 0 Å². The zero-order chi connectivity index (χ0) is 20.4. The number of carbonyl (C=O) groups is 1. The highest BCUT2D eigenvalue weighted by Crippen LogP contribution is 2.53. The Hall–Kier alpha value is -2.62. The summed E-state index contributed by atoms with van der Waals surface area (Å²) in [5.41, 5.74) is -3.82. The molecule has 1 aliphatic carbocycles. The van der Waals surface area contributed by atoms with E-state index in [4.69, 9.17) is 18.6 Å². The fraction of sp³-hybridized carbons (Fsp3) is 0.474. The van der Waals surface area contributed by atoms with Gasteiger partial charge in [0.15, 0.2) is 17.5 Å². The van der Waals surface area contributed by atoms with E-state index >= 15 is 0 Å². The predicted molar refractivity (Wildman–Crippen MR) is 94.1 cm³/mol. The summed E-state index contributed by atoms with van der Waals surface area (Å²) in [6, 6.07) is 2.75. The lowest BCUT2D eigenvalue weighted by Crippen LogP contribution is -2.51. The number of hydrogen-bond acceptors (Lipinski definition) is 9. The number of methoxy groups -OCH3 is 2. The second-order valence-electron chi connectivity index (χ2n) is 7.40. The van der Waals surface area contributed by atoms with Gasteiger partial charge in [0.1, 0.15) is 23.0 Å². The lowest BCUT2D eigenvalue weighted by Gasteiger charge is -2.44. The molecule has 1 aromatic heterocycles. The largest absolute Gasteiger partial charge is 0.507 e. The zero-order valence-electron chi connectivity index (χ0n) is 15.5. The van der Waals surface area contributed by atoms with Crippen LogP contribution in [0.25, 0.3) is 10.8 Å². The molecule has 3 N–H and O–H groups in total. The molecule has 0 bridgehead atoms. The zero-order valence-corrected chi connectivity index (χ0v) is 15.5. The van der Waals surface area contributed by atoms with E-state index in [9.17, 15) is 24.9 Å². The molecule has 0 saturated carbocycles.